The lowest BCUT2D eigenvalue weighted by Crippen LogP contribution is -2.08. The smallest absolute Gasteiger partial charge is 0.252 e. The van der Waals surface area contributed by atoms with Crippen molar-refractivity contribution in [3.05, 3.63) is 57.5 Å². The van der Waals surface area contributed by atoms with E-state index in [1.165, 1.54) is 0 Å². The summed E-state index contributed by atoms with van der Waals surface area (Å²) in [5.74, 6) is 0. The Morgan fingerprint density at radius 1 is 1.00 bits per heavy atom. The van der Waals surface area contributed by atoms with E-state index in [1.807, 2.05) is 24.3 Å². The summed E-state index contributed by atoms with van der Waals surface area (Å²) in [6.07, 6.45) is 0. The minimum Gasteiger partial charge on any atom is -0.279 e. The Labute approximate surface area is 69.1 Å². The van der Waals surface area contributed by atoms with Gasteiger partial charge in [-0.3, -0.25) is 5.41 Å². The maximum Gasteiger partial charge on any atom is 0.252 e. The first-order valence-electron chi connectivity index (χ1n) is 3.74. The van der Waals surface area contributed by atoms with Crippen molar-refractivity contribution in [2.24, 2.45) is 0 Å². The fourth-order valence-electron chi connectivity index (χ4n) is 1.31. The zero-order valence-electron chi connectivity index (χ0n) is 6.46. The predicted octanol–water partition coefficient (Wildman–Crippen LogP) is 0.808. The molecule has 12 heavy (non-hydrogen) atoms. The SMILES string of the molecule is N=c1cc[cH+]c2c(=N)[cH+]ccc1=2. The second kappa shape index (κ2) is 2.41. The van der Waals surface area contributed by atoms with Gasteiger partial charge in [-0.25, -0.2) is 5.41 Å². The van der Waals surface area contributed by atoms with E-state index in [-0.39, 0.29) is 0 Å². The van der Waals surface area contributed by atoms with Gasteiger partial charge in [-0.15, -0.1) is 0 Å². The number of hydrogen-bond acceptors (Lipinski definition) is 2. The molecule has 2 rings (SSSR count). The zero-order valence-corrected chi connectivity index (χ0v) is 6.46. The Morgan fingerprint density at radius 3 is 2.50 bits per heavy atom. The Bertz CT molecular complexity index is 507. The topological polar surface area (TPSA) is 47.7 Å². The average Bonchev–Trinajstić information content (AvgIpc) is 2.07. The van der Waals surface area contributed by atoms with Gasteiger partial charge in [0, 0.05) is 12.1 Å². The quantitative estimate of drug-likeness (QED) is 0.530. The second-order valence-corrected chi connectivity index (χ2v) is 2.71. The molecule has 0 radical (unpaired) electrons. The number of hydrogen-bond donors (Lipinski definition) is 2. The van der Waals surface area contributed by atoms with Gasteiger partial charge in [0.2, 0.25) is 10.4 Å². The van der Waals surface area contributed by atoms with Gasteiger partial charge in [-0.05, 0) is 0 Å². The summed E-state index contributed by atoms with van der Waals surface area (Å²) in [4.78, 5) is 0. The number of rotatable bonds is 0. The Morgan fingerprint density at radius 2 is 1.75 bits per heavy atom. The summed E-state index contributed by atoms with van der Waals surface area (Å²) in [6.45, 7) is 0. The first-order valence-corrected chi connectivity index (χ1v) is 3.74. The van der Waals surface area contributed by atoms with Crippen molar-refractivity contribution in [1.29, 1.82) is 10.8 Å². The molecule has 0 amide bonds. The molecule has 0 spiro atoms. The third-order valence-electron chi connectivity index (χ3n) is 1.92. The van der Waals surface area contributed by atoms with Crippen LogP contribution in [0.3, 0.4) is 0 Å². The van der Waals surface area contributed by atoms with Gasteiger partial charge in [-0.1, -0.05) is 0 Å². The van der Waals surface area contributed by atoms with Crippen LogP contribution in [0.4, 0.5) is 0 Å². The molecule has 0 aromatic rings. The van der Waals surface area contributed by atoms with E-state index >= 15 is 0 Å². The van der Waals surface area contributed by atoms with E-state index in [2.05, 4.69) is 0 Å². The minimum absolute atomic E-state index is 0.488. The Hall–Kier alpha value is -1.70. The highest BCUT2D eigenvalue weighted by Crippen LogP contribution is 1.87. The molecule has 0 fully saturated rings. The van der Waals surface area contributed by atoms with Crippen LogP contribution in [-0.4, -0.2) is 0 Å². The molecule has 0 aromatic heterocycles. The fraction of sp³-hybridized carbons (Fsp3) is 0. The molecule has 0 atom stereocenters. The van der Waals surface area contributed by atoms with Crippen molar-refractivity contribution in [3.8, 4) is 0 Å². The third-order valence-corrected chi connectivity index (χ3v) is 1.92. The van der Waals surface area contributed by atoms with Crippen LogP contribution < -0.4 is 10.7 Å². The van der Waals surface area contributed by atoms with Crippen molar-refractivity contribution in [3.63, 3.8) is 0 Å². The van der Waals surface area contributed by atoms with E-state index in [0.717, 1.165) is 10.4 Å². The highest BCUT2D eigenvalue weighted by Gasteiger charge is 2.05. The van der Waals surface area contributed by atoms with Gasteiger partial charge in [-0.2, -0.15) is 0 Å². The average molecular weight is 156 g/mol. The molecule has 2 aliphatic carbocycles. The normalized spacial score (nSPS) is 10.3. The molecule has 2 N–H and O–H groups in total. The second-order valence-electron chi connectivity index (χ2n) is 2.71. The maximum absolute atomic E-state index is 7.58. The maximum atomic E-state index is 7.58. The number of nitrogens with one attached hydrogen (secondary N) is 2. The van der Waals surface area contributed by atoms with Crippen LogP contribution in [-0.2, 0) is 0 Å². The molecule has 56 valence electrons. The molecule has 0 heterocycles. The molecule has 0 saturated heterocycles. The van der Waals surface area contributed by atoms with Gasteiger partial charge < -0.3 is 0 Å². The summed E-state index contributed by atoms with van der Waals surface area (Å²) in [7, 11) is 0. The van der Waals surface area contributed by atoms with E-state index in [1.54, 1.807) is 12.1 Å². The molecule has 0 aromatic carbocycles. The highest BCUT2D eigenvalue weighted by atomic mass is 14.4. The molecule has 2 nitrogen and oxygen atoms in total. The summed E-state index contributed by atoms with van der Waals surface area (Å²) in [6, 6.07) is 10.8. The lowest BCUT2D eigenvalue weighted by molar-refractivity contribution is 1.17. The van der Waals surface area contributed by atoms with Gasteiger partial charge in [0.25, 0.3) is 5.36 Å². The first kappa shape index (κ1) is 6.98. The molecular formula is C10H8N2+2. The monoisotopic (exact) mass is 156 g/mol. The van der Waals surface area contributed by atoms with Gasteiger partial charge in [0.15, 0.2) is 5.36 Å². The summed E-state index contributed by atoms with van der Waals surface area (Å²) < 4.78 is 0. The molecule has 0 saturated carbocycles. The standard InChI is InChI=1S/C10H8N2/c11-9-5-1-3-7-8(9)4-2-6-10(7)12/h1-6,11-12H/q+2. The van der Waals surface area contributed by atoms with Crippen molar-refractivity contribution >= 4 is 0 Å². The Balaban J connectivity index is 3.31. The van der Waals surface area contributed by atoms with E-state index in [4.69, 9.17) is 10.8 Å². The third kappa shape index (κ3) is 0.889. The van der Waals surface area contributed by atoms with Gasteiger partial charge in [0.05, 0.1) is 18.2 Å². The molecule has 0 bridgehead atoms. The molecular weight excluding hydrogens is 148 g/mol. The van der Waals surface area contributed by atoms with Crippen molar-refractivity contribution < 1.29 is 0 Å². The summed E-state index contributed by atoms with van der Waals surface area (Å²) >= 11 is 0. The van der Waals surface area contributed by atoms with Crippen LogP contribution in [0.5, 0.6) is 0 Å². The summed E-state index contributed by atoms with van der Waals surface area (Å²) in [5.41, 5.74) is 0. The van der Waals surface area contributed by atoms with Crippen LogP contribution in [0.2, 0.25) is 0 Å². The lowest BCUT2D eigenvalue weighted by Gasteiger charge is -1.75. The van der Waals surface area contributed by atoms with Gasteiger partial charge in [0.1, 0.15) is 6.07 Å². The largest absolute Gasteiger partial charge is 0.279 e. The van der Waals surface area contributed by atoms with E-state index in [0.29, 0.717) is 10.7 Å². The molecule has 2 aliphatic rings. The minimum atomic E-state index is 0.488. The van der Waals surface area contributed by atoms with Crippen LogP contribution >= 0.6 is 0 Å². The highest BCUT2D eigenvalue weighted by molar-refractivity contribution is 5.14. The molecule has 0 aliphatic heterocycles. The van der Waals surface area contributed by atoms with E-state index < -0.39 is 0 Å². The van der Waals surface area contributed by atoms with Crippen LogP contribution in [0.1, 0.15) is 0 Å². The fourth-order valence-corrected chi connectivity index (χ4v) is 1.31. The molecule has 2 heteroatoms. The predicted molar refractivity (Wildman–Crippen MR) is 44.6 cm³/mol. The zero-order chi connectivity index (χ0) is 8.55. The van der Waals surface area contributed by atoms with Gasteiger partial charge >= 0.3 is 0 Å². The van der Waals surface area contributed by atoms with Crippen molar-refractivity contribution in [1.82, 2.24) is 0 Å². The molecule has 0 unspecified atom stereocenters. The van der Waals surface area contributed by atoms with Crippen molar-refractivity contribution in [2.45, 2.75) is 0 Å². The van der Waals surface area contributed by atoms with E-state index in [9.17, 15) is 0 Å². The van der Waals surface area contributed by atoms with Crippen LogP contribution in [0, 0.1) is 21.3 Å². The summed E-state index contributed by atoms with van der Waals surface area (Å²) in [5, 5.41) is 17.8. The van der Waals surface area contributed by atoms with Crippen LogP contribution in [0.15, 0.2) is 36.4 Å². The Kier molecular flexibility index (Phi) is 1.40. The van der Waals surface area contributed by atoms with Crippen LogP contribution in [0.25, 0.3) is 0 Å². The first-order chi connectivity index (χ1) is 5.79. The lowest BCUT2D eigenvalue weighted by atomic mass is 10.2. The van der Waals surface area contributed by atoms with Crippen molar-refractivity contribution in [2.75, 3.05) is 0 Å².